The number of aryl methyl sites for hydroxylation is 1. The average Bonchev–Trinajstić information content (AvgIpc) is 2.94. The lowest BCUT2D eigenvalue weighted by atomic mass is 9.92. The van der Waals surface area contributed by atoms with Gasteiger partial charge in [0.1, 0.15) is 5.82 Å². The highest BCUT2D eigenvalue weighted by Crippen LogP contribution is 2.24. The SMILES string of the molecule is Cc1cc(NC(=O)c2c(C)c(C(=O)C(=O)N[C@H]3CCCC[C@@H]3O)n(C)c2C)ccc1F. The Morgan fingerprint density at radius 1 is 1.13 bits per heavy atom. The predicted molar refractivity (Wildman–Crippen MR) is 115 cm³/mol. The molecule has 0 unspecified atom stereocenters. The molecule has 2 aromatic rings. The van der Waals surface area contributed by atoms with Crippen LogP contribution in [-0.4, -0.2) is 39.4 Å². The summed E-state index contributed by atoms with van der Waals surface area (Å²) in [6, 6.07) is 3.81. The number of hydrogen-bond donors (Lipinski definition) is 3. The fourth-order valence-electron chi connectivity index (χ4n) is 4.17. The maximum Gasteiger partial charge on any atom is 0.294 e. The Balaban J connectivity index is 1.83. The molecule has 1 aromatic heterocycles. The lowest BCUT2D eigenvalue weighted by molar-refractivity contribution is -0.118. The predicted octanol–water partition coefficient (Wildman–Crippen LogP) is 2.94. The van der Waals surface area contributed by atoms with E-state index in [9.17, 15) is 23.9 Å². The minimum Gasteiger partial charge on any atom is -0.391 e. The van der Waals surface area contributed by atoms with Gasteiger partial charge in [-0.3, -0.25) is 14.4 Å². The first-order chi connectivity index (χ1) is 14.6. The number of Topliss-reactive ketones (excluding diaryl/α,β-unsaturated/α-hetero) is 1. The molecule has 1 aromatic carbocycles. The van der Waals surface area contributed by atoms with E-state index in [1.807, 2.05) is 0 Å². The van der Waals surface area contributed by atoms with Crippen LogP contribution in [0.1, 0.15) is 63.4 Å². The van der Waals surface area contributed by atoms with Gasteiger partial charge in [0, 0.05) is 18.4 Å². The Morgan fingerprint density at radius 2 is 1.81 bits per heavy atom. The third-order valence-corrected chi connectivity index (χ3v) is 6.04. The zero-order valence-corrected chi connectivity index (χ0v) is 18.2. The molecule has 31 heavy (non-hydrogen) atoms. The largest absolute Gasteiger partial charge is 0.391 e. The standard InChI is InChI=1S/C23H28FN3O4/c1-12-11-15(9-10-16(12)24)25-22(30)19-13(2)20(27(4)14(19)3)21(29)23(31)26-17-7-5-6-8-18(17)28/h9-11,17-18,28H,5-8H2,1-4H3,(H,25,30)(H,26,31)/t17-,18-/m0/s1. The van der Waals surface area contributed by atoms with Crippen LogP contribution in [0.5, 0.6) is 0 Å². The first-order valence-electron chi connectivity index (χ1n) is 10.4. The molecule has 1 fully saturated rings. The van der Waals surface area contributed by atoms with Crippen molar-refractivity contribution >= 4 is 23.3 Å². The van der Waals surface area contributed by atoms with Gasteiger partial charge in [0.05, 0.1) is 23.4 Å². The first kappa shape index (κ1) is 22.7. The molecule has 0 aliphatic heterocycles. The van der Waals surface area contributed by atoms with Gasteiger partial charge in [-0.1, -0.05) is 12.8 Å². The van der Waals surface area contributed by atoms with Crippen LogP contribution in [0.2, 0.25) is 0 Å². The number of halogens is 1. The van der Waals surface area contributed by atoms with Gasteiger partial charge in [-0.25, -0.2) is 4.39 Å². The molecule has 0 spiro atoms. The van der Waals surface area contributed by atoms with Crippen molar-refractivity contribution in [3.05, 3.63) is 52.1 Å². The van der Waals surface area contributed by atoms with Crippen molar-refractivity contribution in [3.8, 4) is 0 Å². The van der Waals surface area contributed by atoms with Crippen LogP contribution in [0.15, 0.2) is 18.2 Å². The second-order valence-electron chi connectivity index (χ2n) is 8.17. The van der Waals surface area contributed by atoms with E-state index in [0.29, 0.717) is 40.9 Å². The molecule has 1 aliphatic carbocycles. The van der Waals surface area contributed by atoms with E-state index >= 15 is 0 Å². The molecular weight excluding hydrogens is 401 g/mol. The van der Waals surface area contributed by atoms with Crippen molar-refractivity contribution in [2.75, 3.05) is 5.32 Å². The van der Waals surface area contributed by atoms with Crippen LogP contribution in [-0.2, 0) is 11.8 Å². The summed E-state index contributed by atoms with van der Waals surface area (Å²) in [7, 11) is 1.62. The lowest BCUT2D eigenvalue weighted by Gasteiger charge is -2.28. The van der Waals surface area contributed by atoms with E-state index < -0.39 is 29.7 Å². The van der Waals surface area contributed by atoms with Crippen LogP contribution in [0, 0.1) is 26.6 Å². The van der Waals surface area contributed by atoms with Crippen molar-refractivity contribution in [2.45, 2.75) is 58.6 Å². The third-order valence-electron chi connectivity index (χ3n) is 6.04. The molecule has 7 nitrogen and oxygen atoms in total. The molecule has 166 valence electrons. The van der Waals surface area contributed by atoms with E-state index in [1.54, 1.807) is 27.8 Å². The van der Waals surface area contributed by atoms with Gasteiger partial charge in [0.25, 0.3) is 17.6 Å². The third kappa shape index (κ3) is 4.54. The van der Waals surface area contributed by atoms with E-state index in [4.69, 9.17) is 0 Å². The summed E-state index contributed by atoms with van der Waals surface area (Å²) in [6.07, 6.45) is 2.32. The van der Waals surface area contributed by atoms with Crippen molar-refractivity contribution in [1.82, 2.24) is 9.88 Å². The van der Waals surface area contributed by atoms with Gasteiger partial charge in [-0.05, 0) is 62.9 Å². The molecule has 2 atom stereocenters. The number of carbonyl (C=O) groups is 3. The molecule has 0 bridgehead atoms. The number of nitrogens with one attached hydrogen (secondary N) is 2. The van der Waals surface area contributed by atoms with Gasteiger partial charge in [0.2, 0.25) is 0 Å². The van der Waals surface area contributed by atoms with Gasteiger partial charge in [-0.15, -0.1) is 0 Å². The summed E-state index contributed by atoms with van der Waals surface area (Å²) in [5, 5.41) is 15.4. The van der Waals surface area contributed by atoms with Crippen molar-refractivity contribution in [1.29, 1.82) is 0 Å². The van der Waals surface area contributed by atoms with Crippen molar-refractivity contribution in [2.24, 2.45) is 7.05 Å². The summed E-state index contributed by atoms with van der Waals surface area (Å²) in [5.74, 6) is -2.36. The van der Waals surface area contributed by atoms with Crippen LogP contribution in [0.4, 0.5) is 10.1 Å². The molecule has 1 aliphatic rings. The second kappa shape index (κ2) is 9.01. The number of anilines is 1. The van der Waals surface area contributed by atoms with Crippen molar-refractivity contribution in [3.63, 3.8) is 0 Å². The van der Waals surface area contributed by atoms with E-state index in [1.165, 1.54) is 22.8 Å². The fourth-order valence-corrected chi connectivity index (χ4v) is 4.17. The fraction of sp³-hybridized carbons (Fsp3) is 0.435. The number of carbonyl (C=O) groups excluding carboxylic acids is 3. The van der Waals surface area contributed by atoms with Crippen LogP contribution >= 0.6 is 0 Å². The Kier molecular flexibility index (Phi) is 6.59. The topological polar surface area (TPSA) is 100 Å². The van der Waals surface area contributed by atoms with Crippen LogP contribution in [0.25, 0.3) is 0 Å². The summed E-state index contributed by atoms with van der Waals surface area (Å²) in [4.78, 5) is 38.4. The van der Waals surface area contributed by atoms with E-state index in [-0.39, 0.29) is 11.5 Å². The second-order valence-corrected chi connectivity index (χ2v) is 8.17. The summed E-state index contributed by atoms with van der Waals surface area (Å²) >= 11 is 0. The minimum absolute atomic E-state index is 0.126. The Bertz CT molecular complexity index is 1040. The minimum atomic E-state index is -0.796. The monoisotopic (exact) mass is 429 g/mol. The summed E-state index contributed by atoms with van der Waals surface area (Å²) < 4.78 is 15.0. The molecular formula is C23H28FN3O4. The highest BCUT2D eigenvalue weighted by molar-refractivity contribution is 6.43. The molecule has 3 N–H and O–H groups in total. The first-order valence-corrected chi connectivity index (χ1v) is 10.4. The number of aliphatic hydroxyl groups excluding tert-OH is 1. The number of benzene rings is 1. The maximum atomic E-state index is 13.5. The molecule has 0 radical (unpaired) electrons. The van der Waals surface area contributed by atoms with Crippen LogP contribution in [0.3, 0.4) is 0 Å². The quantitative estimate of drug-likeness (QED) is 0.503. The maximum absolute atomic E-state index is 13.5. The molecule has 1 saturated carbocycles. The molecule has 2 amide bonds. The molecule has 3 rings (SSSR count). The number of amides is 2. The molecule has 0 saturated heterocycles. The number of aliphatic hydroxyl groups is 1. The number of ketones is 1. The number of hydrogen-bond acceptors (Lipinski definition) is 4. The van der Waals surface area contributed by atoms with Gasteiger partial charge in [-0.2, -0.15) is 0 Å². The Hall–Kier alpha value is -3.00. The van der Waals surface area contributed by atoms with Crippen LogP contribution < -0.4 is 10.6 Å². The van der Waals surface area contributed by atoms with E-state index in [0.717, 1.165) is 12.8 Å². The highest BCUT2D eigenvalue weighted by atomic mass is 19.1. The summed E-state index contributed by atoms with van der Waals surface area (Å²) in [5.41, 5.74) is 2.17. The molecule has 1 heterocycles. The summed E-state index contributed by atoms with van der Waals surface area (Å²) in [6.45, 7) is 4.91. The normalized spacial score (nSPS) is 18.5. The molecule has 8 heteroatoms. The smallest absolute Gasteiger partial charge is 0.294 e. The van der Waals surface area contributed by atoms with E-state index in [2.05, 4.69) is 10.6 Å². The zero-order valence-electron chi connectivity index (χ0n) is 18.2. The van der Waals surface area contributed by atoms with Gasteiger partial charge in [0.15, 0.2) is 0 Å². The van der Waals surface area contributed by atoms with Gasteiger partial charge < -0.3 is 20.3 Å². The highest BCUT2D eigenvalue weighted by Gasteiger charge is 2.31. The number of rotatable bonds is 5. The Morgan fingerprint density at radius 3 is 2.45 bits per heavy atom. The zero-order chi connectivity index (χ0) is 22.9. The number of nitrogens with zero attached hydrogens (tertiary/aromatic N) is 1. The van der Waals surface area contributed by atoms with Crippen molar-refractivity contribution < 1.29 is 23.9 Å². The lowest BCUT2D eigenvalue weighted by Crippen LogP contribution is -2.47. The average molecular weight is 429 g/mol. The van der Waals surface area contributed by atoms with Gasteiger partial charge >= 0.3 is 0 Å². The Labute approximate surface area is 180 Å². The number of aromatic nitrogens is 1.